The van der Waals surface area contributed by atoms with E-state index in [1.54, 1.807) is 46.3 Å². The third-order valence-electron chi connectivity index (χ3n) is 4.49. The average Bonchev–Trinajstić information content (AvgIpc) is 3.39. The summed E-state index contributed by atoms with van der Waals surface area (Å²) >= 11 is 0. The summed E-state index contributed by atoms with van der Waals surface area (Å²) in [6, 6.07) is 11.0. The number of nitrogens with one attached hydrogen (secondary N) is 1. The van der Waals surface area contributed by atoms with Crippen LogP contribution in [-0.4, -0.2) is 40.4 Å². The van der Waals surface area contributed by atoms with Crippen molar-refractivity contribution < 1.29 is 4.79 Å². The second-order valence-corrected chi connectivity index (χ2v) is 7.87. The van der Waals surface area contributed by atoms with Crippen LogP contribution >= 0.6 is 0 Å². The summed E-state index contributed by atoms with van der Waals surface area (Å²) in [5, 5.41) is 11.6. The molecule has 9 heteroatoms. The molecule has 3 aromatic heterocycles. The van der Waals surface area contributed by atoms with E-state index in [0.29, 0.717) is 23.9 Å². The molecular weight excluding hydrogens is 380 g/mol. The summed E-state index contributed by atoms with van der Waals surface area (Å²) in [6.45, 7) is 6.77. The van der Waals surface area contributed by atoms with Crippen LogP contribution in [0.2, 0.25) is 0 Å². The monoisotopic (exact) mass is 402 g/mol. The normalized spacial score (nSPS) is 11.4. The fourth-order valence-corrected chi connectivity index (χ4v) is 2.84. The molecule has 0 unspecified atom stereocenters. The zero-order valence-electron chi connectivity index (χ0n) is 17.0. The fraction of sp³-hybridized carbons (Fsp3) is 0.238. The van der Waals surface area contributed by atoms with Gasteiger partial charge in [0.25, 0.3) is 11.9 Å². The molecule has 0 aliphatic heterocycles. The van der Waals surface area contributed by atoms with E-state index in [1.165, 1.54) is 6.33 Å². The second kappa shape index (κ2) is 7.86. The van der Waals surface area contributed by atoms with Gasteiger partial charge in [-0.05, 0) is 23.8 Å². The average molecular weight is 402 g/mol. The van der Waals surface area contributed by atoms with Gasteiger partial charge in [0.2, 0.25) is 0 Å². The van der Waals surface area contributed by atoms with Gasteiger partial charge in [0.15, 0.2) is 0 Å². The predicted octanol–water partition coefficient (Wildman–Crippen LogP) is 2.85. The first-order valence-electron chi connectivity index (χ1n) is 9.51. The molecule has 0 saturated heterocycles. The van der Waals surface area contributed by atoms with Crippen molar-refractivity contribution in [1.82, 2.24) is 34.5 Å². The van der Waals surface area contributed by atoms with Gasteiger partial charge >= 0.3 is 0 Å². The van der Waals surface area contributed by atoms with E-state index >= 15 is 0 Å². The van der Waals surface area contributed by atoms with E-state index in [0.717, 1.165) is 11.3 Å². The zero-order chi connectivity index (χ0) is 21.1. The number of carbonyl (C=O) groups is 1. The third kappa shape index (κ3) is 4.24. The van der Waals surface area contributed by atoms with Crippen LogP contribution in [0.3, 0.4) is 0 Å². The number of amides is 1. The van der Waals surface area contributed by atoms with Crippen LogP contribution in [0.5, 0.6) is 0 Å². The first-order chi connectivity index (χ1) is 14.4. The molecule has 0 aliphatic carbocycles. The van der Waals surface area contributed by atoms with Gasteiger partial charge in [-0.15, -0.1) is 0 Å². The van der Waals surface area contributed by atoms with E-state index in [1.807, 2.05) is 18.2 Å². The molecule has 30 heavy (non-hydrogen) atoms. The Bertz CT molecular complexity index is 1130. The van der Waals surface area contributed by atoms with Gasteiger partial charge in [0.05, 0.1) is 12.2 Å². The largest absolute Gasteiger partial charge is 0.306 e. The maximum Gasteiger partial charge on any atom is 0.256 e. The Hall–Kier alpha value is -3.88. The minimum atomic E-state index is -0.236. The SMILES string of the molecule is CC(C)(C)c1cc(NC(=O)c2ccc(Cn3cncn3)cc2)n(-c2ncccn2)n1. The number of anilines is 1. The van der Waals surface area contributed by atoms with Crippen LogP contribution in [0.15, 0.2) is 61.4 Å². The highest BCUT2D eigenvalue weighted by atomic mass is 16.1. The van der Waals surface area contributed by atoms with Crippen LogP contribution in [0.4, 0.5) is 5.82 Å². The highest BCUT2D eigenvalue weighted by Gasteiger charge is 2.22. The quantitative estimate of drug-likeness (QED) is 0.551. The van der Waals surface area contributed by atoms with Crippen molar-refractivity contribution in [2.45, 2.75) is 32.7 Å². The molecule has 0 bridgehead atoms. The van der Waals surface area contributed by atoms with Crippen molar-refractivity contribution in [1.29, 1.82) is 0 Å². The molecular formula is C21H22N8O. The summed E-state index contributed by atoms with van der Waals surface area (Å²) in [4.78, 5) is 25.3. The van der Waals surface area contributed by atoms with E-state index in [4.69, 9.17) is 0 Å². The van der Waals surface area contributed by atoms with Crippen LogP contribution < -0.4 is 5.32 Å². The smallest absolute Gasteiger partial charge is 0.256 e. The molecule has 0 fully saturated rings. The summed E-state index contributed by atoms with van der Waals surface area (Å²) in [6.07, 6.45) is 6.42. The van der Waals surface area contributed by atoms with Gasteiger partial charge < -0.3 is 5.32 Å². The van der Waals surface area contributed by atoms with E-state index in [-0.39, 0.29) is 11.3 Å². The van der Waals surface area contributed by atoms with Crippen molar-refractivity contribution in [2.75, 3.05) is 5.32 Å². The Morgan fingerprint density at radius 1 is 1.10 bits per heavy atom. The number of nitrogens with zero attached hydrogens (tertiary/aromatic N) is 7. The van der Waals surface area contributed by atoms with Crippen molar-refractivity contribution in [3.63, 3.8) is 0 Å². The number of carbonyl (C=O) groups excluding carboxylic acids is 1. The van der Waals surface area contributed by atoms with Crippen molar-refractivity contribution in [3.8, 4) is 5.95 Å². The Morgan fingerprint density at radius 2 is 1.83 bits per heavy atom. The van der Waals surface area contributed by atoms with E-state index in [2.05, 4.69) is 51.2 Å². The summed E-state index contributed by atoms with van der Waals surface area (Å²) < 4.78 is 3.28. The summed E-state index contributed by atoms with van der Waals surface area (Å²) in [7, 11) is 0. The van der Waals surface area contributed by atoms with Gasteiger partial charge in [-0.1, -0.05) is 32.9 Å². The molecule has 0 atom stereocenters. The van der Waals surface area contributed by atoms with E-state index in [9.17, 15) is 4.79 Å². The zero-order valence-corrected chi connectivity index (χ0v) is 17.0. The predicted molar refractivity (Wildman–Crippen MR) is 111 cm³/mol. The van der Waals surface area contributed by atoms with Crippen molar-refractivity contribution >= 4 is 11.7 Å². The maximum absolute atomic E-state index is 12.9. The molecule has 0 spiro atoms. The molecule has 0 radical (unpaired) electrons. The molecule has 4 aromatic rings. The minimum absolute atomic E-state index is 0.192. The number of rotatable bonds is 5. The first-order valence-corrected chi connectivity index (χ1v) is 9.51. The number of benzene rings is 1. The first kappa shape index (κ1) is 19.4. The van der Waals surface area contributed by atoms with Crippen LogP contribution in [-0.2, 0) is 12.0 Å². The number of aromatic nitrogens is 7. The van der Waals surface area contributed by atoms with Crippen molar-refractivity contribution in [3.05, 3.63) is 78.3 Å². The second-order valence-electron chi connectivity index (χ2n) is 7.87. The standard InChI is InChI=1S/C21H22N8O/c1-21(2,3)17-11-18(29(27-17)20-23-9-4-10-24-20)26-19(30)16-7-5-15(6-8-16)12-28-14-22-13-25-28/h4-11,13-14H,12H2,1-3H3,(H,26,30). The molecule has 9 nitrogen and oxygen atoms in total. The lowest BCUT2D eigenvalue weighted by atomic mass is 9.92. The molecule has 0 aliphatic rings. The van der Waals surface area contributed by atoms with Crippen LogP contribution in [0.1, 0.15) is 42.4 Å². The molecule has 1 amide bonds. The summed E-state index contributed by atoms with van der Waals surface area (Å²) in [5.74, 6) is 0.675. The Balaban J connectivity index is 1.57. The highest BCUT2D eigenvalue weighted by molar-refractivity contribution is 6.04. The molecule has 3 heterocycles. The van der Waals surface area contributed by atoms with Gasteiger partial charge in [-0.3, -0.25) is 4.79 Å². The van der Waals surface area contributed by atoms with Gasteiger partial charge in [0, 0.05) is 29.4 Å². The lowest BCUT2D eigenvalue weighted by molar-refractivity contribution is 0.102. The molecule has 4 rings (SSSR count). The van der Waals surface area contributed by atoms with Crippen LogP contribution in [0.25, 0.3) is 5.95 Å². The molecule has 0 saturated carbocycles. The lowest BCUT2D eigenvalue weighted by Crippen LogP contribution is -2.16. The van der Waals surface area contributed by atoms with Gasteiger partial charge in [0.1, 0.15) is 18.5 Å². The lowest BCUT2D eigenvalue weighted by Gasteiger charge is -2.13. The molecule has 152 valence electrons. The number of hydrogen-bond donors (Lipinski definition) is 1. The third-order valence-corrected chi connectivity index (χ3v) is 4.49. The summed E-state index contributed by atoms with van der Waals surface area (Å²) in [5.41, 5.74) is 2.20. The molecule has 1 aromatic carbocycles. The highest BCUT2D eigenvalue weighted by Crippen LogP contribution is 2.25. The fourth-order valence-electron chi connectivity index (χ4n) is 2.84. The van der Waals surface area contributed by atoms with Crippen LogP contribution in [0, 0.1) is 0 Å². The Kier molecular flexibility index (Phi) is 5.09. The molecule has 1 N–H and O–H groups in total. The Morgan fingerprint density at radius 3 is 2.47 bits per heavy atom. The topological polar surface area (TPSA) is 103 Å². The van der Waals surface area contributed by atoms with E-state index < -0.39 is 0 Å². The van der Waals surface area contributed by atoms with Gasteiger partial charge in [-0.25, -0.2) is 19.6 Å². The minimum Gasteiger partial charge on any atom is -0.306 e. The maximum atomic E-state index is 12.9. The van der Waals surface area contributed by atoms with Gasteiger partial charge in [-0.2, -0.15) is 14.9 Å². The Labute approximate surface area is 173 Å². The number of hydrogen-bond acceptors (Lipinski definition) is 6. The van der Waals surface area contributed by atoms with Crippen molar-refractivity contribution in [2.24, 2.45) is 0 Å².